The van der Waals surface area contributed by atoms with Gasteiger partial charge in [0.1, 0.15) is 6.10 Å². The molecule has 0 spiro atoms. The number of hydrogen-bond donors (Lipinski definition) is 1. The van der Waals surface area contributed by atoms with Crippen LogP contribution in [0.5, 0.6) is 0 Å². The number of carbonyl (C=O) groups excluding carboxylic acids is 1. The maximum absolute atomic E-state index is 12.1. The smallest absolute Gasteiger partial charge is 0.249 e. The topological polar surface area (TPSA) is 38.3 Å². The van der Waals surface area contributed by atoms with Crippen LogP contribution in [0.15, 0.2) is 43.0 Å². The first-order valence-corrected chi connectivity index (χ1v) is 6.57. The molecule has 1 amide bonds. The Labute approximate surface area is 115 Å². The Kier molecular flexibility index (Phi) is 5.77. The zero-order valence-electron chi connectivity index (χ0n) is 12.0. The Hall–Kier alpha value is -1.61. The maximum atomic E-state index is 12.1. The van der Waals surface area contributed by atoms with Gasteiger partial charge in [0.05, 0.1) is 12.1 Å². The molecule has 1 rings (SSSR count). The highest BCUT2D eigenvalue weighted by Crippen LogP contribution is 2.19. The minimum Gasteiger partial charge on any atom is -0.368 e. The van der Waals surface area contributed by atoms with Gasteiger partial charge in [-0.25, -0.2) is 0 Å². The lowest BCUT2D eigenvalue weighted by molar-refractivity contribution is -0.133. The van der Waals surface area contributed by atoms with E-state index in [2.05, 4.69) is 11.9 Å². The van der Waals surface area contributed by atoms with E-state index in [1.165, 1.54) is 0 Å². The third kappa shape index (κ3) is 4.87. The first-order chi connectivity index (χ1) is 8.97. The molecule has 1 N–H and O–H groups in total. The van der Waals surface area contributed by atoms with Crippen LogP contribution < -0.4 is 5.32 Å². The lowest BCUT2D eigenvalue weighted by Gasteiger charge is -2.28. The molecular formula is C16H23NO2. The summed E-state index contributed by atoms with van der Waals surface area (Å²) >= 11 is 0. The molecule has 0 saturated carbocycles. The average Bonchev–Trinajstić information content (AvgIpc) is 2.39. The van der Waals surface area contributed by atoms with Crippen molar-refractivity contribution >= 4 is 5.91 Å². The first-order valence-electron chi connectivity index (χ1n) is 6.57. The van der Waals surface area contributed by atoms with Crippen LogP contribution in [0.4, 0.5) is 0 Å². The van der Waals surface area contributed by atoms with Gasteiger partial charge in [-0.3, -0.25) is 4.79 Å². The number of carbonyl (C=O) groups is 1. The van der Waals surface area contributed by atoms with Crippen molar-refractivity contribution in [3.8, 4) is 0 Å². The van der Waals surface area contributed by atoms with Gasteiger partial charge in [-0.2, -0.15) is 0 Å². The van der Waals surface area contributed by atoms with Gasteiger partial charge in [0.15, 0.2) is 0 Å². The number of benzene rings is 1. The third-order valence-corrected chi connectivity index (χ3v) is 2.99. The Balaban J connectivity index is 2.57. The van der Waals surface area contributed by atoms with Crippen LogP contribution in [0.2, 0.25) is 0 Å². The SMILES string of the molecule is C=CCCOC(C)C(=O)NC(C)(C)c1ccccc1. The van der Waals surface area contributed by atoms with E-state index in [0.717, 1.165) is 12.0 Å². The predicted molar refractivity (Wildman–Crippen MR) is 77.8 cm³/mol. The second-order valence-corrected chi connectivity index (χ2v) is 5.07. The second-order valence-electron chi connectivity index (χ2n) is 5.07. The van der Waals surface area contributed by atoms with Crippen molar-refractivity contribution in [2.45, 2.75) is 38.8 Å². The molecule has 0 heterocycles. The largest absolute Gasteiger partial charge is 0.368 e. The molecule has 0 fully saturated rings. The van der Waals surface area contributed by atoms with E-state index in [9.17, 15) is 4.79 Å². The monoisotopic (exact) mass is 261 g/mol. The fourth-order valence-corrected chi connectivity index (χ4v) is 1.74. The fraction of sp³-hybridized carbons (Fsp3) is 0.438. The quantitative estimate of drug-likeness (QED) is 0.605. The van der Waals surface area contributed by atoms with Crippen LogP contribution in [0.1, 0.15) is 32.8 Å². The molecule has 1 atom stereocenters. The van der Waals surface area contributed by atoms with E-state index < -0.39 is 11.6 Å². The zero-order chi connectivity index (χ0) is 14.3. The summed E-state index contributed by atoms with van der Waals surface area (Å²) < 4.78 is 5.44. The fourth-order valence-electron chi connectivity index (χ4n) is 1.74. The molecule has 19 heavy (non-hydrogen) atoms. The Morgan fingerprint density at radius 3 is 2.63 bits per heavy atom. The van der Waals surface area contributed by atoms with Crippen molar-refractivity contribution in [3.63, 3.8) is 0 Å². The number of nitrogens with one attached hydrogen (secondary N) is 1. The van der Waals surface area contributed by atoms with Crippen molar-refractivity contribution in [1.29, 1.82) is 0 Å². The minimum absolute atomic E-state index is 0.0992. The van der Waals surface area contributed by atoms with Crippen molar-refractivity contribution in [2.24, 2.45) is 0 Å². The lowest BCUT2D eigenvalue weighted by atomic mass is 9.94. The first kappa shape index (κ1) is 15.4. The second kappa shape index (κ2) is 7.10. The normalized spacial score (nSPS) is 12.8. The van der Waals surface area contributed by atoms with Crippen molar-refractivity contribution in [1.82, 2.24) is 5.32 Å². The van der Waals surface area contributed by atoms with Crippen LogP contribution in [-0.4, -0.2) is 18.6 Å². The van der Waals surface area contributed by atoms with Crippen molar-refractivity contribution < 1.29 is 9.53 Å². The van der Waals surface area contributed by atoms with Gasteiger partial charge in [0.2, 0.25) is 5.91 Å². The number of amides is 1. The van der Waals surface area contributed by atoms with Crippen LogP contribution in [0.3, 0.4) is 0 Å². The summed E-state index contributed by atoms with van der Waals surface area (Å²) in [5.41, 5.74) is 0.663. The van der Waals surface area contributed by atoms with E-state index in [1.807, 2.05) is 44.2 Å². The van der Waals surface area contributed by atoms with Gasteiger partial charge in [-0.15, -0.1) is 6.58 Å². The van der Waals surface area contributed by atoms with E-state index in [1.54, 1.807) is 13.0 Å². The predicted octanol–water partition coefficient (Wildman–Crippen LogP) is 3.02. The number of hydrogen-bond acceptors (Lipinski definition) is 2. The molecule has 0 saturated heterocycles. The molecule has 0 bridgehead atoms. The molecule has 0 radical (unpaired) electrons. The summed E-state index contributed by atoms with van der Waals surface area (Å²) in [6, 6.07) is 9.90. The summed E-state index contributed by atoms with van der Waals surface area (Å²) in [6.07, 6.45) is 2.07. The van der Waals surface area contributed by atoms with Gasteiger partial charge < -0.3 is 10.1 Å². The number of rotatable bonds is 7. The molecule has 0 aliphatic heterocycles. The van der Waals surface area contributed by atoms with Crippen LogP contribution >= 0.6 is 0 Å². The van der Waals surface area contributed by atoms with E-state index in [4.69, 9.17) is 4.74 Å². The highest BCUT2D eigenvalue weighted by Gasteiger charge is 2.25. The average molecular weight is 261 g/mol. The Morgan fingerprint density at radius 2 is 2.05 bits per heavy atom. The van der Waals surface area contributed by atoms with E-state index in [0.29, 0.717) is 6.61 Å². The van der Waals surface area contributed by atoms with Gasteiger partial charge in [-0.1, -0.05) is 36.4 Å². The molecule has 0 aliphatic rings. The molecule has 3 heteroatoms. The van der Waals surface area contributed by atoms with E-state index in [-0.39, 0.29) is 5.91 Å². The Bertz CT molecular complexity index is 412. The molecule has 0 aromatic heterocycles. The summed E-state index contributed by atoms with van der Waals surface area (Å²) in [7, 11) is 0. The van der Waals surface area contributed by atoms with Gasteiger partial charge in [-0.05, 0) is 32.8 Å². The standard InChI is InChI=1S/C16H23NO2/c1-5-6-12-19-13(2)15(18)17-16(3,4)14-10-8-7-9-11-14/h5,7-11,13H,1,6,12H2,2-4H3,(H,17,18). The third-order valence-electron chi connectivity index (χ3n) is 2.99. The van der Waals surface area contributed by atoms with Crippen LogP contribution in [0.25, 0.3) is 0 Å². The molecular weight excluding hydrogens is 238 g/mol. The number of ether oxygens (including phenoxy) is 1. The molecule has 1 aromatic carbocycles. The molecule has 0 aliphatic carbocycles. The van der Waals surface area contributed by atoms with Crippen molar-refractivity contribution in [2.75, 3.05) is 6.61 Å². The summed E-state index contributed by atoms with van der Waals surface area (Å²) in [5.74, 6) is -0.0992. The zero-order valence-corrected chi connectivity index (χ0v) is 12.0. The Morgan fingerprint density at radius 1 is 1.42 bits per heavy atom. The van der Waals surface area contributed by atoms with Gasteiger partial charge >= 0.3 is 0 Å². The van der Waals surface area contributed by atoms with E-state index >= 15 is 0 Å². The van der Waals surface area contributed by atoms with Gasteiger partial charge in [0.25, 0.3) is 0 Å². The lowest BCUT2D eigenvalue weighted by Crippen LogP contribution is -2.45. The van der Waals surface area contributed by atoms with Crippen molar-refractivity contribution in [3.05, 3.63) is 48.6 Å². The summed E-state index contributed by atoms with van der Waals surface area (Å²) in [4.78, 5) is 12.1. The minimum atomic E-state index is -0.456. The molecule has 1 aromatic rings. The molecule has 104 valence electrons. The van der Waals surface area contributed by atoms with Crippen LogP contribution in [-0.2, 0) is 15.1 Å². The highest BCUT2D eigenvalue weighted by molar-refractivity contribution is 5.81. The molecule has 3 nitrogen and oxygen atoms in total. The highest BCUT2D eigenvalue weighted by atomic mass is 16.5. The van der Waals surface area contributed by atoms with Gasteiger partial charge in [0, 0.05) is 0 Å². The van der Waals surface area contributed by atoms with Crippen LogP contribution in [0, 0.1) is 0 Å². The molecule has 1 unspecified atom stereocenters. The maximum Gasteiger partial charge on any atom is 0.249 e. The summed E-state index contributed by atoms with van der Waals surface area (Å²) in [5, 5.41) is 3.01. The summed E-state index contributed by atoms with van der Waals surface area (Å²) in [6.45, 7) is 9.87.